The van der Waals surface area contributed by atoms with Gasteiger partial charge >= 0.3 is 18.3 Å². The molecule has 236 valence electrons. The normalized spacial score (nSPS) is 26.1. The van der Waals surface area contributed by atoms with Crippen LogP contribution in [0.2, 0.25) is 0 Å². The van der Waals surface area contributed by atoms with E-state index in [4.69, 9.17) is 0 Å². The Morgan fingerprint density at radius 2 is 1.56 bits per heavy atom. The highest BCUT2D eigenvalue weighted by atomic mass is 19.4. The van der Waals surface area contributed by atoms with Gasteiger partial charge in [0.1, 0.15) is 0 Å². The molecule has 5 nitrogen and oxygen atoms in total. The molecule has 2 aliphatic rings. The predicted octanol–water partition coefficient (Wildman–Crippen LogP) is 7.61. The number of nitrogens with zero attached hydrogens (tertiary/aromatic N) is 1. The van der Waals surface area contributed by atoms with Crippen LogP contribution in [0.1, 0.15) is 87.0 Å². The van der Waals surface area contributed by atoms with Gasteiger partial charge in [0.25, 0.3) is 0 Å². The van der Waals surface area contributed by atoms with E-state index >= 15 is 0 Å². The number of carbonyl (C=O) groups is 2. The lowest BCUT2D eigenvalue weighted by molar-refractivity contribution is -0.151. The monoisotopic (exact) mass is 612 g/mol. The van der Waals surface area contributed by atoms with Crippen molar-refractivity contribution in [2.45, 2.75) is 82.6 Å². The Labute approximate surface area is 247 Å². The molecule has 2 N–H and O–H groups in total. The third-order valence-corrected chi connectivity index (χ3v) is 9.30. The van der Waals surface area contributed by atoms with Gasteiger partial charge < -0.3 is 15.3 Å². The van der Waals surface area contributed by atoms with E-state index in [1.54, 1.807) is 6.92 Å². The van der Waals surface area contributed by atoms with Crippen LogP contribution in [0.25, 0.3) is 0 Å². The van der Waals surface area contributed by atoms with Crippen molar-refractivity contribution < 1.29 is 41.0 Å². The molecule has 1 aliphatic heterocycles. The summed E-state index contributed by atoms with van der Waals surface area (Å²) in [7, 11) is 0. The highest BCUT2D eigenvalue weighted by Crippen LogP contribution is 2.42. The van der Waals surface area contributed by atoms with Gasteiger partial charge in [-0.05, 0) is 107 Å². The zero-order valence-electron chi connectivity index (χ0n) is 24.3. The Morgan fingerprint density at radius 1 is 0.977 bits per heavy atom. The summed E-state index contributed by atoms with van der Waals surface area (Å²) < 4.78 is 80.7. The van der Waals surface area contributed by atoms with E-state index in [0.717, 1.165) is 44.3 Å². The van der Waals surface area contributed by atoms with Crippen LogP contribution in [0.4, 0.5) is 26.3 Å². The van der Waals surface area contributed by atoms with E-state index in [-0.39, 0.29) is 11.6 Å². The van der Waals surface area contributed by atoms with E-state index < -0.39 is 52.2 Å². The van der Waals surface area contributed by atoms with Crippen LogP contribution in [0, 0.1) is 11.3 Å². The minimum atomic E-state index is -5.00. The summed E-state index contributed by atoms with van der Waals surface area (Å²) in [6.45, 7) is 5.22. The molecule has 0 aromatic heterocycles. The van der Waals surface area contributed by atoms with Crippen molar-refractivity contribution in [3.63, 3.8) is 0 Å². The number of nitrogens with one attached hydrogen (secondary N) is 1. The predicted molar refractivity (Wildman–Crippen MR) is 149 cm³/mol. The summed E-state index contributed by atoms with van der Waals surface area (Å²) in [6, 6.07) is 10.5. The molecular formula is C32H38F6N2O3. The standard InChI is InChI=1S/C32H38F6N2O3/c1-21(23-17-25(31(33,34)35)19-26(18-23)32(36,37)38)27(41)39-30(24-7-4-3-5-8-24)13-9-22(10-14-30)11-16-40-15-6-12-29(2,20-40)28(42)43/h3-5,7-8,17-19,21-22H,6,9-16,20H2,1-2H3,(H,39,41)(H,42,43)/t21-,22?,29?,30?/m0/s1. The first kappa shape index (κ1) is 32.8. The summed E-state index contributed by atoms with van der Waals surface area (Å²) in [4.78, 5) is 27.4. The van der Waals surface area contributed by atoms with Crippen molar-refractivity contribution in [2.75, 3.05) is 19.6 Å². The number of piperidine rings is 1. The van der Waals surface area contributed by atoms with Crippen LogP contribution in [-0.4, -0.2) is 41.5 Å². The van der Waals surface area contributed by atoms with Crippen LogP contribution >= 0.6 is 0 Å². The van der Waals surface area contributed by atoms with Crippen LogP contribution in [-0.2, 0) is 27.5 Å². The number of carbonyl (C=O) groups excluding carboxylic acids is 1. The van der Waals surface area contributed by atoms with Gasteiger partial charge in [0.15, 0.2) is 0 Å². The fraction of sp³-hybridized carbons (Fsp3) is 0.562. The van der Waals surface area contributed by atoms with E-state index in [2.05, 4.69) is 10.2 Å². The Morgan fingerprint density at radius 3 is 2.09 bits per heavy atom. The summed E-state index contributed by atoms with van der Waals surface area (Å²) in [5.41, 5.74) is -3.99. The summed E-state index contributed by atoms with van der Waals surface area (Å²) >= 11 is 0. The molecule has 1 amide bonds. The number of likely N-dealkylation sites (tertiary alicyclic amines) is 1. The molecule has 43 heavy (non-hydrogen) atoms. The zero-order valence-corrected chi connectivity index (χ0v) is 24.3. The van der Waals surface area contributed by atoms with E-state index in [9.17, 15) is 41.0 Å². The van der Waals surface area contributed by atoms with Crippen LogP contribution in [0.3, 0.4) is 0 Å². The largest absolute Gasteiger partial charge is 0.481 e. The first-order valence-electron chi connectivity index (χ1n) is 14.7. The average Bonchev–Trinajstić information content (AvgIpc) is 2.95. The number of carboxylic acids is 1. The Hall–Kier alpha value is -3.08. The number of aliphatic carboxylic acids is 1. The Kier molecular flexibility index (Phi) is 9.54. The highest BCUT2D eigenvalue weighted by Gasteiger charge is 2.42. The number of amides is 1. The molecule has 0 radical (unpaired) electrons. The van der Waals surface area contributed by atoms with Crippen molar-refractivity contribution in [3.8, 4) is 0 Å². The SMILES string of the molecule is C[C@H](C(=O)NC1(c2ccccc2)CCC(CCN2CCCC(C)(C(=O)O)C2)CC1)c1cc(C(F)(F)F)cc(C(F)(F)F)c1. The van der Waals surface area contributed by atoms with Crippen LogP contribution < -0.4 is 5.32 Å². The number of halogens is 6. The van der Waals surface area contributed by atoms with Gasteiger partial charge in [0.05, 0.1) is 28.0 Å². The molecular weight excluding hydrogens is 574 g/mol. The number of benzene rings is 2. The fourth-order valence-corrected chi connectivity index (χ4v) is 6.50. The van der Waals surface area contributed by atoms with E-state index in [1.807, 2.05) is 30.3 Å². The van der Waals surface area contributed by atoms with Gasteiger partial charge in [0.2, 0.25) is 5.91 Å². The number of alkyl halides is 6. The summed E-state index contributed by atoms with van der Waals surface area (Å²) in [5, 5.41) is 12.7. The molecule has 1 unspecified atom stereocenters. The topological polar surface area (TPSA) is 69.6 Å². The van der Waals surface area contributed by atoms with Gasteiger partial charge in [-0.15, -0.1) is 0 Å². The van der Waals surface area contributed by atoms with Crippen molar-refractivity contribution in [2.24, 2.45) is 11.3 Å². The maximum absolute atomic E-state index is 13.5. The van der Waals surface area contributed by atoms with Crippen molar-refractivity contribution in [3.05, 3.63) is 70.8 Å². The molecule has 2 aromatic carbocycles. The zero-order chi connectivity index (χ0) is 31.6. The molecule has 2 fully saturated rings. The molecule has 11 heteroatoms. The average molecular weight is 613 g/mol. The molecule has 0 spiro atoms. The fourth-order valence-electron chi connectivity index (χ4n) is 6.50. The van der Waals surface area contributed by atoms with Gasteiger partial charge in [-0.3, -0.25) is 9.59 Å². The second-order valence-electron chi connectivity index (χ2n) is 12.5. The molecule has 1 heterocycles. The van der Waals surface area contributed by atoms with Crippen LogP contribution in [0.5, 0.6) is 0 Å². The Balaban J connectivity index is 1.49. The number of hydrogen-bond donors (Lipinski definition) is 2. The van der Waals surface area contributed by atoms with Crippen molar-refractivity contribution >= 4 is 11.9 Å². The minimum absolute atomic E-state index is 0.0624. The maximum atomic E-state index is 13.5. The minimum Gasteiger partial charge on any atom is -0.481 e. The first-order chi connectivity index (χ1) is 20.0. The second-order valence-corrected chi connectivity index (χ2v) is 12.5. The van der Waals surface area contributed by atoms with Crippen molar-refractivity contribution in [1.82, 2.24) is 10.2 Å². The maximum Gasteiger partial charge on any atom is 0.416 e. The first-order valence-corrected chi connectivity index (χ1v) is 14.7. The molecule has 1 aliphatic carbocycles. The third-order valence-electron chi connectivity index (χ3n) is 9.30. The summed E-state index contributed by atoms with van der Waals surface area (Å²) in [5.74, 6) is -2.35. The van der Waals surface area contributed by atoms with Gasteiger partial charge in [-0.2, -0.15) is 26.3 Å². The molecule has 1 saturated heterocycles. The van der Waals surface area contributed by atoms with E-state index in [1.165, 1.54) is 6.92 Å². The van der Waals surface area contributed by atoms with Crippen molar-refractivity contribution in [1.29, 1.82) is 0 Å². The number of carboxylic acid groups (broad SMARTS) is 1. The van der Waals surface area contributed by atoms with Gasteiger partial charge in [-0.1, -0.05) is 30.3 Å². The van der Waals surface area contributed by atoms with Crippen LogP contribution in [0.15, 0.2) is 48.5 Å². The molecule has 2 atom stereocenters. The molecule has 4 rings (SSSR count). The highest BCUT2D eigenvalue weighted by molar-refractivity contribution is 5.84. The third kappa shape index (κ3) is 7.72. The Bertz CT molecular complexity index is 1260. The smallest absolute Gasteiger partial charge is 0.416 e. The molecule has 0 bridgehead atoms. The second kappa shape index (κ2) is 12.5. The van der Waals surface area contributed by atoms with Gasteiger partial charge in [0, 0.05) is 6.54 Å². The molecule has 2 aromatic rings. The lowest BCUT2D eigenvalue weighted by Crippen LogP contribution is -2.50. The lowest BCUT2D eigenvalue weighted by atomic mass is 9.71. The summed E-state index contributed by atoms with van der Waals surface area (Å²) in [6.07, 6.45) is -5.03. The van der Waals surface area contributed by atoms with Gasteiger partial charge in [-0.25, -0.2) is 0 Å². The lowest BCUT2D eigenvalue weighted by Gasteiger charge is -2.43. The quantitative estimate of drug-likeness (QED) is 0.301. The number of hydrogen-bond acceptors (Lipinski definition) is 3. The molecule has 1 saturated carbocycles. The number of rotatable bonds is 8. The van der Waals surface area contributed by atoms with E-state index in [0.29, 0.717) is 43.9 Å².